The molecule has 0 saturated heterocycles. The summed E-state index contributed by atoms with van der Waals surface area (Å²) in [7, 11) is 2.11. The summed E-state index contributed by atoms with van der Waals surface area (Å²) >= 11 is 0. The molecule has 0 radical (unpaired) electrons. The van der Waals surface area contributed by atoms with Gasteiger partial charge in [-0.05, 0) is 38.3 Å². The first-order valence-electron chi connectivity index (χ1n) is 6.47. The van der Waals surface area contributed by atoms with Crippen LogP contribution in [0.4, 0.5) is 0 Å². The van der Waals surface area contributed by atoms with E-state index in [0.717, 1.165) is 19.3 Å². The van der Waals surface area contributed by atoms with Gasteiger partial charge < -0.3 is 4.90 Å². The van der Waals surface area contributed by atoms with Gasteiger partial charge in [0.15, 0.2) is 0 Å². The minimum Gasteiger partial charge on any atom is -0.349 e. The van der Waals surface area contributed by atoms with Crippen molar-refractivity contribution in [2.75, 3.05) is 7.05 Å². The van der Waals surface area contributed by atoms with Gasteiger partial charge in [0.05, 0.1) is 0 Å². The van der Waals surface area contributed by atoms with Gasteiger partial charge in [-0.2, -0.15) is 0 Å². The molecule has 0 aliphatic heterocycles. The van der Waals surface area contributed by atoms with E-state index in [1.165, 1.54) is 11.4 Å². The molecule has 0 unspecified atom stereocenters. The van der Waals surface area contributed by atoms with Crippen LogP contribution in [0.5, 0.6) is 0 Å². The molecule has 1 aliphatic carbocycles. The molecule has 0 N–H and O–H groups in total. The van der Waals surface area contributed by atoms with Crippen LogP contribution in [0.3, 0.4) is 0 Å². The minimum atomic E-state index is 0.918. The Morgan fingerprint density at radius 2 is 2.22 bits per heavy atom. The predicted molar refractivity (Wildman–Crippen MR) is 81.1 cm³/mol. The summed E-state index contributed by atoms with van der Waals surface area (Å²) in [6.45, 7) is 5.82. The van der Waals surface area contributed by atoms with Crippen LogP contribution in [-0.4, -0.2) is 11.9 Å². The molecule has 0 atom stereocenters. The van der Waals surface area contributed by atoms with Crippen LogP contribution < -0.4 is 0 Å². The molecule has 0 aromatic carbocycles. The van der Waals surface area contributed by atoms with Crippen molar-refractivity contribution in [3.8, 4) is 0 Å². The molecule has 0 bridgehead atoms. The van der Waals surface area contributed by atoms with Crippen LogP contribution in [0.25, 0.3) is 0 Å². The van der Waals surface area contributed by atoms with Gasteiger partial charge in [-0.3, -0.25) is 0 Å². The van der Waals surface area contributed by atoms with Crippen molar-refractivity contribution in [3.63, 3.8) is 0 Å². The monoisotopic (exact) mass is 241 g/mol. The highest BCUT2D eigenvalue weighted by atomic mass is 15.1. The SMILES string of the molecule is C=CC/C=C\C=C(/C)N(C)C1=CCC/C=C/C=C1. The molecule has 0 spiro atoms. The van der Waals surface area contributed by atoms with Crippen molar-refractivity contribution < 1.29 is 0 Å². The molecule has 96 valence electrons. The molecule has 1 heteroatoms. The molecular formula is C17H23N. The van der Waals surface area contributed by atoms with Crippen molar-refractivity contribution in [1.29, 1.82) is 0 Å². The van der Waals surface area contributed by atoms with Crippen LogP contribution in [-0.2, 0) is 0 Å². The molecule has 1 nitrogen and oxygen atoms in total. The van der Waals surface area contributed by atoms with E-state index in [4.69, 9.17) is 0 Å². The Balaban J connectivity index is 2.69. The second-order valence-corrected chi connectivity index (χ2v) is 4.31. The van der Waals surface area contributed by atoms with Gasteiger partial charge in [-0.1, -0.05) is 42.5 Å². The number of allylic oxidation sites excluding steroid dienone is 10. The van der Waals surface area contributed by atoms with Gasteiger partial charge in [0.1, 0.15) is 0 Å². The summed E-state index contributed by atoms with van der Waals surface area (Å²) in [5, 5.41) is 0. The van der Waals surface area contributed by atoms with Gasteiger partial charge in [0.25, 0.3) is 0 Å². The third-order valence-corrected chi connectivity index (χ3v) is 2.89. The van der Waals surface area contributed by atoms with E-state index in [-0.39, 0.29) is 0 Å². The molecule has 0 fully saturated rings. The highest BCUT2D eigenvalue weighted by Gasteiger charge is 2.02. The van der Waals surface area contributed by atoms with Crippen molar-refractivity contribution in [1.82, 2.24) is 4.90 Å². The lowest BCUT2D eigenvalue weighted by atomic mass is 10.1. The van der Waals surface area contributed by atoms with Crippen LogP contribution in [0.1, 0.15) is 26.2 Å². The lowest BCUT2D eigenvalue weighted by molar-refractivity contribution is 0.534. The van der Waals surface area contributed by atoms with Crippen molar-refractivity contribution in [2.45, 2.75) is 26.2 Å². The number of nitrogens with zero attached hydrogens (tertiary/aromatic N) is 1. The first-order valence-corrected chi connectivity index (χ1v) is 6.47. The van der Waals surface area contributed by atoms with Crippen molar-refractivity contribution in [2.24, 2.45) is 0 Å². The Bertz CT molecular complexity index is 405. The largest absolute Gasteiger partial charge is 0.349 e. The molecule has 1 aliphatic rings. The Morgan fingerprint density at radius 1 is 1.39 bits per heavy atom. The molecule has 0 aromatic rings. The standard InChI is InChI=1S/C17H23N/c1-4-5-6-10-13-16(2)18(3)17-14-11-8-7-9-12-15-17/h4,6-8,10-11,13-15H,1,5,9,12H2,2-3H3/b8-7+,10-6-,14-11?,16-13+,17-15?. The lowest BCUT2D eigenvalue weighted by Gasteiger charge is -2.21. The maximum Gasteiger partial charge on any atom is 0.0365 e. The van der Waals surface area contributed by atoms with Crippen LogP contribution in [0.2, 0.25) is 0 Å². The van der Waals surface area contributed by atoms with E-state index in [9.17, 15) is 0 Å². The molecule has 0 amide bonds. The first-order chi connectivity index (χ1) is 8.75. The van der Waals surface area contributed by atoms with E-state index in [0.29, 0.717) is 0 Å². The Kier molecular flexibility index (Phi) is 6.63. The van der Waals surface area contributed by atoms with Crippen molar-refractivity contribution >= 4 is 0 Å². The first kappa shape index (κ1) is 14.3. The molecule has 0 saturated carbocycles. The van der Waals surface area contributed by atoms with E-state index in [1.54, 1.807) is 0 Å². The van der Waals surface area contributed by atoms with Crippen molar-refractivity contribution in [3.05, 3.63) is 72.7 Å². The molecule has 0 heterocycles. The van der Waals surface area contributed by atoms with E-state index in [1.807, 2.05) is 6.08 Å². The molecule has 18 heavy (non-hydrogen) atoms. The molecular weight excluding hydrogens is 218 g/mol. The highest BCUT2D eigenvalue weighted by molar-refractivity contribution is 5.27. The summed E-state index contributed by atoms with van der Waals surface area (Å²) in [6.07, 6.45) is 22.2. The number of rotatable bonds is 5. The van der Waals surface area contributed by atoms with E-state index in [2.05, 4.69) is 74.1 Å². The fraction of sp³-hybridized carbons (Fsp3) is 0.294. The second kappa shape index (κ2) is 8.35. The number of likely N-dealkylation sites (N-methyl/N-ethyl adjacent to an activating group) is 1. The quantitative estimate of drug-likeness (QED) is 0.496. The average molecular weight is 241 g/mol. The Morgan fingerprint density at radius 3 is 3.00 bits per heavy atom. The highest BCUT2D eigenvalue weighted by Crippen LogP contribution is 2.14. The maximum absolute atomic E-state index is 3.70. The summed E-state index contributed by atoms with van der Waals surface area (Å²) in [4.78, 5) is 2.22. The lowest BCUT2D eigenvalue weighted by Crippen LogP contribution is -2.14. The third-order valence-electron chi connectivity index (χ3n) is 2.89. The second-order valence-electron chi connectivity index (χ2n) is 4.31. The van der Waals surface area contributed by atoms with Gasteiger partial charge in [0, 0.05) is 18.4 Å². The molecule has 1 rings (SSSR count). The minimum absolute atomic E-state index is 0.918. The maximum atomic E-state index is 3.70. The van der Waals surface area contributed by atoms with Crippen LogP contribution in [0.15, 0.2) is 72.7 Å². The van der Waals surface area contributed by atoms with Crippen LogP contribution in [0, 0.1) is 0 Å². The summed E-state index contributed by atoms with van der Waals surface area (Å²) in [5.41, 5.74) is 2.49. The number of hydrogen-bond acceptors (Lipinski definition) is 1. The van der Waals surface area contributed by atoms with Gasteiger partial charge in [-0.15, -0.1) is 6.58 Å². The predicted octanol–water partition coefficient (Wildman–Crippen LogP) is 4.74. The normalized spacial score (nSPS) is 18.1. The van der Waals surface area contributed by atoms with Crippen LogP contribution >= 0.6 is 0 Å². The van der Waals surface area contributed by atoms with Gasteiger partial charge >= 0.3 is 0 Å². The summed E-state index contributed by atoms with van der Waals surface area (Å²) < 4.78 is 0. The van der Waals surface area contributed by atoms with Gasteiger partial charge in [-0.25, -0.2) is 0 Å². The van der Waals surface area contributed by atoms with E-state index < -0.39 is 0 Å². The molecule has 0 aromatic heterocycles. The Hall–Kier alpha value is -1.76. The third kappa shape index (κ3) is 5.05. The topological polar surface area (TPSA) is 3.24 Å². The fourth-order valence-electron chi connectivity index (χ4n) is 1.67. The zero-order valence-corrected chi connectivity index (χ0v) is 11.5. The smallest absolute Gasteiger partial charge is 0.0365 e. The average Bonchev–Trinajstić information content (AvgIpc) is 2.33. The zero-order valence-electron chi connectivity index (χ0n) is 11.5. The summed E-state index contributed by atoms with van der Waals surface area (Å²) in [5.74, 6) is 0. The van der Waals surface area contributed by atoms with Gasteiger partial charge in [0.2, 0.25) is 0 Å². The van der Waals surface area contributed by atoms with E-state index >= 15 is 0 Å². The summed E-state index contributed by atoms with van der Waals surface area (Å²) in [6, 6.07) is 0. The fourth-order valence-corrected chi connectivity index (χ4v) is 1.67. The zero-order chi connectivity index (χ0) is 13.2. The Labute approximate surface area is 111 Å². The number of hydrogen-bond donors (Lipinski definition) is 0.